The zero-order valence-corrected chi connectivity index (χ0v) is 17.1. The van der Waals surface area contributed by atoms with Crippen molar-refractivity contribution in [3.8, 4) is 0 Å². The Morgan fingerprint density at radius 3 is 2.70 bits per heavy atom. The summed E-state index contributed by atoms with van der Waals surface area (Å²) >= 11 is 0. The average Bonchev–Trinajstić information content (AvgIpc) is 2.78. The first-order valence-corrected chi connectivity index (χ1v) is 10.3. The number of fused-ring (bicyclic) bond motifs is 1. The molecular weight excluding hydrogens is 380 g/mol. The van der Waals surface area contributed by atoms with E-state index in [1.54, 1.807) is 12.3 Å². The number of ether oxygens (including phenoxy) is 1. The molecule has 7 nitrogen and oxygen atoms in total. The fraction of sp³-hybridized carbons (Fsp3) is 0.348. The Morgan fingerprint density at radius 1 is 1.17 bits per heavy atom. The van der Waals surface area contributed by atoms with Crippen LogP contribution in [0.15, 0.2) is 59.7 Å². The van der Waals surface area contributed by atoms with E-state index in [-0.39, 0.29) is 17.2 Å². The van der Waals surface area contributed by atoms with Crippen molar-refractivity contribution in [1.29, 1.82) is 0 Å². The number of aryl methyl sites for hydroxylation is 1. The van der Waals surface area contributed by atoms with Gasteiger partial charge < -0.3 is 10.1 Å². The van der Waals surface area contributed by atoms with E-state index in [9.17, 15) is 9.59 Å². The van der Waals surface area contributed by atoms with Crippen LogP contribution in [0.25, 0.3) is 5.65 Å². The zero-order valence-electron chi connectivity index (χ0n) is 17.1. The number of amides is 1. The molecule has 1 aliphatic rings. The highest BCUT2D eigenvalue weighted by atomic mass is 16.5. The standard InChI is InChI=1S/C23H26N4O3/c1-17-6-5-10-27-21(17)24-16-19(23(27)29)22(28)25-20(18-7-3-2-4-8-18)9-11-26-12-14-30-15-13-26/h2-8,10,16,20H,9,11-15H2,1H3,(H,25,28)/t20-/m1/s1. The fourth-order valence-electron chi connectivity index (χ4n) is 3.78. The van der Waals surface area contributed by atoms with Crippen molar-refractivity contribution in [3.63, 3.8) is 0 Å². The number of pyridine rings is 1. The molecule has 1 atom stereocenters. The summed E-state index contributed by atoms with van der Waals surface area (Å²) in [5, 5.41) is 3.06. The lowest BCUT2D eigenvalue weighted by Gasteiger charge is -2.28. The second kappa shape index (κ2) is 9.19. The van der Waals surface area contributed by atoms with Crippen LogP contribution in [0.2, 0.25) is 0 Å². The number of carbonyl (C=O) groups is 1. The van der Waals surface area contributed by atoms with Crippen molar-refractivity contribution in [2.45, 2.75) is 19.4 Å². The lowest BCUT2D eigenvalue weighted by Crippen LogP contribution is -2.39. The first kappa shape index (κ1) is 20.3. The molecule has 2 aromatic heterocycles. The van der Waals surface area contributed by atoms with Gasteiger partial charge in [0.1, 0.15) is 11.2 Å². The van der Waals surface area contributed by atoms with Gasteiger partial charge in [0.15, 0.2) is 0 Å². The van der Waals surface area contributed by atoms with E-state index in [1.807, 2.05) is 43.3 Å². The summed E-state index contributed by atoms with van der Waals surface area (Å²) in [4.78, 5) is 32.6. The van der Waals surface area contributed by atoms with Crippen molar-refractivity contribution >= 4 is 11.6 Å². The van der Waals surface area contributed by atoms with Gasteiger partial charge in [0, 0.05) is 32.0 Å². The lowest BCUT2D eigenvalue weighted by molar-refractivity contribution is 0.0360. The molecule has 1 aromatic carbocycles. The zero-order chi connectivity index (χ0) is 20.9. The molecule has 1 amide bonds. The topological polar surface area (TPSA) is 75.9 Å². The van der Waals surface area contributed by atoms with Crippen molar-refractivity contribution in [2.24, 2.45) is 0 Å². The summed E-state index contributed by atoms with van der Waals surface area (Å²) in [6, 6.07) is 13.3. The summed E-state index contributed by atoms with van der Waals surface area (Å²) in [6.07, 6.45) is 3.77. The van der Waals surface area contributed by atoms with Crippen LogP contribution < -0.4 is 10.9 Å². The summed E-state index contributed by atoms with van der Waals surface area (Å²) in [6.45, 7) is 5.99. The van der Waals surface area contributed by atoms with Gasteiger partial charge in [-0.05, 0) is 30.5 Å². The Balaban J connectivity index is 1.56. The Bertz CT molecular complexity index is 1070. The Hall–Kier alpha value is -3.03. The number of benzene rings is 1. The lowest BCUT2D eigenvalue weighted by atomic mass is 10.0. The average molecular weight is 406 g/mol. The van der Waals surface area contributed by atoms with Crippen molar-refractivity contribution in [2.75, 3.05) is 32.8 Å². The molecule has 3 heterocycles. The molecular formula is C23H26N4O3. The van der Waals surface area contributed by atoms with Gasteiger partial charge in [-0.3, -0.25) is 18.9 Å². The molecule has 3 aromatic rings. The number of carbonyl (C=O) groups excluding carboxylic acids is 1. The van der Waals surface area contributed by atoms with Gasteiger partial charge in [0.25, 0.3) is 11.5 Å². The third-order valence-electron chi connectivity index (χ3n) is 5.52. The van der Waals surface area contributed by atoms with Crippen LogP contribution in [0.1, 0.15) is 33.9 Å². The molecule has 156 valence electrons. The van der Waals surface area contributed by atoms with Crippen molar-refractivity contribution < 1.29 is 9.53 Å². The summed E-state index contributed by atoms with van der Waals surface area (Å²) < 4.78 is 6.84. The number of hydrogen-bond acceptors (Lipinski definition) is 5. The monoisotopic (exact) mass is 406 g/mol. The van der Waals surface area contributed by atoms with E-state index in [0.29, 0.717) is 5.65 Å². The Labute approximate surface area is 175 Å². The van der Waals surface area contributed by atoms with Crippen molar-refractivity contribution in [3.05, 3.63) is 81.9 Å². The molecule has 0 aliphatic carbocycles. The molecule has 0 unspecified atom stereocenters. The highest BCUT2D eigenvalue weighted by Gasteiger charge is 2.21. The molecule has 0 bridgehead atoms. The molecule has 30 heavy (non-hydrogen) atoms. The number of aromatic nitrogens is 2. The van der Waals surface area contributed by atoms with Gasteiger partial charge in [-0.2, -0.15) is 0 Å². The number of nitrogens with zero attached hydrogens (tertiary/aromatic N) is 3. The minimum atomic E-state index is -0.403. The molecule has 0 saturated carbocycles. The van der Waals surface area contributed by atoms with Crippen LogP contribution >= 0.6 is 0 Å². The van der Waals surface area contributed by atoms with E-state index >= 15 is 0 Å². The first-order valence-electron chi connectivity index (χ1n) is 10.3. The molecule has 1 N–H and O–H groups in total. The third kappa shape index (κ3) is 4.42. The van der Waals surface area contributed by atoms with Crippen LogP contribution in [0.4, 0.5) is 0 Å². The molecule has 1 fully saturated rings. The van der Waals surface area contributed by atoms with Crippen LogP contribution in [0.3, 0.4) is 0 Å². The Morgan fingerprint density at radius 2 is 1.93 bits per heavy atom. The van der Waals surface area contributed by atoms with Crippen LogP contribution in [0, 0.1) is 6.92 Å². The van der Waals surface area contributed by atoms with Crippen molar-refractivity contribution in [1.82, 2.24) is 19.6 Å². The smallest absolute Gasteiger partial charge is 0.270 e. The van der Waals surface area contributed by atoms with Gasteiger partial charge in [-0.25, -0.2) is 4.98 Å². The van der Waals surface area contributed by atoms with Crippen LogP contribution in [-0.2, 0) is 4.74 Å². The molecule has 1 saturated heterocycles. The predicted octanol–water partition coefficient (Wildman–Crippen LogP) is 2.20. The minimum absolute atomic E-state index is 0.0467. The number of rotatable bonds is 6. The molecule has 1 aliphatic heterocycles. The number of nitrogens with one attached hydrogen (secondary N) is 1. The summed E-state index contributed by atoms with van der Waals surface area (Å²) in [5.74, 6) is -0.403. The Kier molecular flexibility index (Phi) is 6.21. The number of morpholine rings is 1. The second-order valence-corrected chi connectivity index (χ2v) is 7.54. The molecule has 4 rings (SSSR count). The third-order valence-corrected chi connectivity index (χ3v) is 5.52. The van der Waals surface area contributed by atoms with E-state index < -0.39 is 5.91 Å². The minimum Gasteiger partial charge on any atom is -0.379 e. The largest absolute Gasteiger partial charge is 0.379 e. The SMILES string of the molecule is Cc1cccn2c(=O)c(C(=O)N[C@H](CCN3CCOCC3)c3ccccc3)cnc12. The molecule has 0 spiro atoms. The maximum Gasteiger partial charge on any atom is 0.270 e. The van der Waals surface area contributed by atoms with E-state index in [2.05, 4.69) is 15.2 Å². The summed E-state index contributed by atoms with van der Waals surface area (Å²) in [7, 11) is 0. The van der Waals surface area contributed by atoms with E-state index in [4.69, 9.17) is 4.74 Å². The van der Waals surface area contributed by atoms with Gasteiger partial charge in [-0.15, -0.1) is 0 Å². The van der Waals surface area contributed by atoms with E-state index in [1.165, 1.54) is 10.6 Å². The maximum absolute atomic E-state index is 13.0. The first-order chi connectivity index (χ1) is 14.6. The predicted molar refractivity (Wildman–Crippen MR) is 115 cm³/mol. The van der Waals surface area contributed by atoms with Crippen LogP contribution in [-0.4, -0.2) is 53.0 Å². The molecule has 0 radical (unpaired) electrons. The summed E-state index contributed by atoms with van der Waals surface area (Å²) in [5.41, 5.74) is 2.15. The van der Waals surface area contributed by atoms with Gasteiger partial charge in [-0.1, -0.05) is 36.4 Å². The highest BCUT2D eigenvalue weighted by Crippen LogP contribution is 2.18. The fourth-order valence-corrected chi connectivity index (χ4v) is 3.78. The normalized spacial score (nSPS) is 15.8. The van der Waals surface area contributed by atoms with Gasteiger partial charge >= 0.3 is 0 Å². The van der Waals surface area contributed by atoms with Crippen LogP contribution in [0.5, 0.6) is 0 Å². The maximum atomic E-state index is 13.0. The second-order valence-electron chi connectivity index (χ2n) is 7.54. The quantitative estimate of drug-likeness (QED) is 0.679. The van der Waals surface area contributed by atoms with Gasteiger partial charge in [0.05, 0.1) is 19.3 Å². The molecule has 7 heteroatoms. The highest BCUT2D eigenvalue weighted by molar-refractivity contribution is 5.94. The van der Waals surface area contributed by atoms with Gasteiger partial charge in [0.2, 0.25) is 0 Å². The number of hydrogen-bond donors (Lipinski definition) is 1. The van der Waals surface area contributed by atoms with E-state index in [0.717, 1.165) is 50.4 Å².